The van der Waals surface area contributed by atoms with Crippen LogP contribution >= 0.6 is 0 Å². The summed E-state index contributed by atoms with van der Waals surface area (Å²) in [6.45, 7) is 2.55. The first-order valence-electron chi connectivity index (χ1n) is 12.9. The Balaban J connectivity index is 1.39. The number of likely N-dealkylation sites (tertiary alicyclic amines) is 1. The molecule has 1 saturated heterocycles. The zero-order chi connectivity index (χ0) is 26.6. The smallest absolute Gasteiger partial charge is 0.429 e. The number of nitrogens with zero attached hydrogens (tertiary/aromatic N) is 2. The molecule has 1 atom stereocenters. The van der Waals surface area contributed by atoms with Gasteiger partial charge in [0.05, 0.1) is 13.2 Å². The van der Waals surface area contributed by atoms with Gasteiger partial charge in [0.15, 0.2) is 0 Å². The molecule has 3 aromatic rings. The predicted octanol–water partition coefficient (Wildman–Crippen LogP) is 5.18. The number of ether oxygens (including phenoxy) is 3. The van der Waals surface area contributed by atoms with Gasteiger partial charge in [-0.05, 0) is 48.6 Å². The predicted molar refractivity (Wildman–Crippen MR) is 144 cm³/mol. The van der Waals surface area contributed by atoms with Crippen LogP contribution in [0.15, 0.2) is 84.9 Å². The van der Waals surface area contributed by atoms with E-state index in [4.69, 9.17) is 14.2 Å². The van der Waals surface area contributed by atoms with Gasteiger partial charge in [0.25, 0.3) is 0 Å². The Hall–Kier alpha value is -4.04. The lowest BCUT2D eigenvalue weighted by atomic mass is 10.0. The van der Waals surface area contributed by atoms with E-state index < -0.39 is 12.2 Å². The Labute approximate surface area is 224 Å². The van der Waals surface area contributed by atoms with E-state index in [2.05, 4.69) is 16.4 Å². The maximum atomic E-state index is 13.2. The zero-order valence-corrected chi connectivity index (χ0v) is 21.8. The second kappa shape index (κ2) is 14.0. The van der Waals surface area contributed by atoms with Crippen LogP contribution in [0, 0.1) is 0 Å². The highest BCUT2D eigenvalue weighted by atomic mass is 16.6. The Kier molecular flexibility index (Phi) is 9.98. The van der Waals surface area contributed by atoms with Crippen molar-refractivity contribution in [3.05, 3.63) is 102 Å². The number of benzene rings is 3. The Bertz CT molecular complexity index is 1160. The molecule has 8 nitrogen and oxygen atoms in total. The fourth-order valence-corrected chi connectivity index (χ4v) is 4.56. The van der Waals surface area contributed by atoms with E-state index >= 15 is 0 Å². The number of para-hydroxylation sites is 1. The molecule has 38 heavy (non-hydrogen) atoms. The van der Waals surface area contributed by atoms with Crippen LogP contribution in [-0.2, 0) is 29.1 Å². The molecule has 1 aliphatic rings. The standard InChI is InChI=1S/C30H35N3O5/c1-36-28-17-9-8-15-26(28)18-20-32-19-10-16-27(21-32)33(30(35)38-23-25-13-6-3-7-14-25)31-29(34)37-22-24-11-4-2-5-12-24/h2-9,11-15,17,27H,10,16,18-23H2,1H3,(H,31,34). The number of rotatable bonds is 9. The molecule has 1 fully saturated rings. The number of amides is 2. The number of carbonyl (C=O) groups is 2. The number of piperidine rings is 1. The number of methoxy groups -OCH3 is 1. The maximum absolute atomic E-state index is 13.2. The summed E-state index contributed by atoms with van der Waals surface area (Å²) in [5, 5.41) is 1.30. The molecule has 4 rings (SSSR count). The molecule has 200 valence electrons. The van der Waals surface area contributed by atoms with Gasteiger partial charge in [-0.15, -0.1) is 0 Å². The van der Waals surface area contributed by atoms with E-state index in [9.17, 15) is 9.59 Å². The lowest BCUT2D eigenvalue weighted by Crippen LogP contribution is -2.57. The molecule has 0 radical (unpaired) electrons. The van der Waals surface area contributed by atoms with Gasteiger partial charge in [0.1, 0.15) is 19.0 Å². The fourth-order valence-electron chi connectivity index (χ4n) is 4.56. The molecule has 1 N–H and O–H groups in total. The molecular weight excluding hydrogens is 482 g/mol. The average Bonchev–Trinajstić information content (AvgIpc) is 2.98. The van der Waals surface area contributed by atoms with Crippen molar-refractivity contribution in [2.75, 3.05) is 26.7 Å². The quantitative estimate of drug-likeness (QED) is 0.394. The summed E-state index contributed by atoms with van der Waals surface area (Å²) in [4.78, 5) is 28.2. The molecule has 0 aromatic heterocycles. The van der Waals surface area contributed by atoms with Crippen LogP contribution in [0.5, 0.6) is 5.75 Å². The van der Waals surface area contributed by atoms with Crippen LogP contribution in [0.1, 0.15) is 29.5 Å². The van der Waals surface area contributed by atoms with Gasteiger partial charge in [-0.25, -0.2) is 20.0 Å². The van der Waals surface area contributed by atoms with Crippen LogP contribution < -0.4 is 10.2 Å². The van der Waals surface area contributed by atoms with Gasteiger partial charge in [-0.1, -0.05) is 78.9 Å². The lowest BCUT2D eigenvalue weighted by Gasteiger charge is -2.38. The van der Waals surface area contributed by atoms with E-state index in [0.29, 0.717) is 6.54 Å². The first kappa shape index (κ1) is 27.0. The van der Waals surface area contributed by atoms with Gasteiger partial charge in [-0.3, -0.25) is 0 Å². The topological polar surface area (TPSA) is 80.3 Å². The molecular formula is C30H35N3O5. The van der Waals surface area contributed by atoms with Crippen LogP contribution in [0.4, 0.5) is 9.59 Å². The fraction of sp³-hybridized carbons (Fsp3) is 0.333. The normalized spacial score (nSPS) is 15.3. The first-order chi connectivity index (χ1) is 18.6. The van der Waals surface area contributed by atoms with Gasteiger partial charge >= 0.3 is 12.2 Å². The van der Waals surface area contributed by atoms with Crippen molar-refractivity contribution >= 4 is 12.2 Å². The summed E-state index contributed by atoms with van der Waals surface area (Å²) < 4.78 is 16.5. The lowest BCUT2D eigenvalue weighted by molar-refractivity contribution is 0.0257. The minimum absolute atomic E-state index is 0.106. The number of hydrazine groups is 1. The van der Waals surface area contributed by atoms with E-state index in [-0.39, 0.29) is 19.3 Å². The van der Waals surface area contributed by atoms with Crippen LogP contribution in [0.2, 0.25) is 0 Å². The number of hydrogen-bond donors (Lipinski definition) is 1. The largest absolute Gasteiger partial charge is 0.496 e. The van der Waals surface area contributed by atoms with Crippen LogP contribution in [0.3, 0.4) is 0 Å². The molecule has 0 spiro atoms. The van der Waals surface area contributed by atoms with E-state index in [1.54, 1.807) is 7.11 Å². The van der Waals surface area contributed by atoms with Crippen molar-refractivity contribution in [3.8, 4) is 5.75 Å². The minimum Gasteiger partial charge on any atom is -0.496 e. The maximum Gasteiger partial charge on any atom is 0.429 e. The molecule has 1 aliphatic heterocycles. The molecule has 0 aliphatic carbocycles. The SMILES string of the molecule is COc1ccccc1CCN1CCCC(N(NC(=O)OCc2ccccc2)C(=O)OCc2ccccc2)C1. The molecule has 1 unspecified atom stereocenters. The van der Waals surface area contributed by atoms with Crippen LogP contribution in [-0.4, -0.2) is 54.9 Å². The highest BCUT2D eigenvalue weighted by Gasteiger charge is 2.31. The Morgan fingerprint density at radius 3 is 2.21 bits per heavy atom. The van der Waals surface area contributed by atoms with E-state index in [1.165, 1.54) is 5.01 Å². The van der Waals surface area contributed by atoms with Gasteiger partial charge in [-0.2, -0.15) is 0 Å². The van der Waals surface area contributed by atoms with Gasteiger partial charge in [0, 0.05) is 13.1 Å². The van der Waals surface area contributed by atoms with Crippen molar-refractivity contribution < 1.29 is 23.8 Å². The van der Waals surface area contributed by atoms with E-state index in [0.717, 1.165) is 54.8 Å². The second-order valence-electron chi connectivity index (χ2n) is 9.24. The molecule has 2 amide bonds. The van der Waals surface area contributed by atoms with Crippen molar-refractivity contribution in [1.29, 1.82) is 0 Å². The third-order valence-corrected chi connectivity index (χ3v) is 6.56. The third kappa shape index (κ3) is 7.98. The molecule has 3 aromatic carbocycles. The monoisotopic (exact) mass is 517 g/mol. The first-order valence-corrected chi connectivity index (χ1v) is 12.9. The van der Waals surface area contributed by atoms with Crippen LogP contribution in [0.25, 0.3) is 0 Å². The van der Waals surface area contributed by atoms with Crippen molar-refractivity contribution in [2.45, 2.75) is 38.5 Å². The highest BCUT2D eigenvalue weighted by Crippen LogP contribution is 2.21. The molecule has 1 heterocycles. The summed E-state index contributed by atoms with van der Waals surface area (Å²) >= 11 is 0. The van der Waals surface area contributed by atoms with E-state index in [1.807, 2.05) is 78.9 Å². The number of nitrogens with one attached hydrogen (secondary N) is 1. The highest BCUT2D eigenvalue weighted by molar-refractivity contribution is 5.74. The average molecular weight is 518 g/mol. The zero-order valence-electron chi connectivity index (χ0n) is 21.8. The number of hydrogen-bond acceptors (Lipinski definition) is 6. The van der Waals surface area contributed by atoms with Gasteiger partial charge in [0.2, 0.25) is 0 Å². The summed E-state index contributed by atoms with van der Waals surface area (Å²) in [7, 11) is 1.68. The second-order valence-corrected chi connectivity index (χ2v) is 9.24. The molecule has 0 bridgehead atoms. The molecule has 8 heteroatoms. The van der Waals surface area contributed by atoms with Crippen molar-refractivity contribution in [1.82, 2.24) is 15.3 Å². The molecule has 0 saturated carbocycles. The Morgan fingerprint density at radius 1 is 0.895 bits per heavy atom. The van der Waals surface area contributed by atoms with Gasteiger partial charge < -0.3 is 19.1 Å². The van der Waals surface area contributed by atoms with Crippen molar-refractivity contribution in [3.63, 3.8) is 0 Å². The number of carbonyl (C=O) groups excluding carboxylic acids is 2. The summed E-state index contributed by atoms with van der Waals surface area (Å²) in [5.41, 5.74) is 5.53. The summed E-state index contributed by atoms with van der Waals surface area (Å²) in [6, 6.07) is 26.6. The van der Waals surface area contributed by atoms with Crippen molar-refractivity contribution in [2.24, 2.45) is 0 Å². The summed E-state index contributed by atoms with van der Waals surface area (Å²) in [6.07, 6.45) is 1.14. The third-order valence-electron chi connectivity index (χ3n) is 6.56. The minimum atomic E-state index is -0.698. The Morgan fingerprint density at radius 2 is 1.53 bits per heavy atom. The summed E-state index contributed by atoms with van der Waals surface area (Å²) in [5.74, 6) is 0.870.